The maximum Gasteiger partial charge on any atom is 0.262 e. The molecule has 6 nitrogen and oxygen atoms in total. The van der Waals surface area contributed by atoms with Gasteiger partial charge in [-0.15, -0.1) is 11.3 Å². The summed E-state index contributed by atoms with van der Waals surface area (Å²) in [4.78, 5) is 17.6. The van der Waals surface area contributed by atoms with Crippen molar-refractivity contribution >= 4 is 34.3 Å². The number of hydrogen-bond donors (Lipinski definition) is 1. The summed E-state index contributed by atoms with van der Waals surface area (Å²) < 4.78 is 7.43. The van der Waals surface area contributed by atoms with Gasteiger partial charge < -0.3 is 10.1 Å². The van der Waals surface area contributed by atoms with Crippen molar-refractivity contribution in [1.82, 2.24) is 4.68 Å². The Bertz CT molecular complexity index is 1210. The quantitative estimate of drug-likeness (QED) is 0.545. The maximum absolute atomic E-state index is 11.8. The molecule has 0 unspecified atom stereocenters. The molecular weight excluding hydrogens is 408 g/mol. The van der Waals surface area contributed by atoms with Crippen LogP contribution in [0.4, 0.5) is 11.4 Å². The Morgan fingerprint density at radius 3 is 2.61 bits per heavy atom. The Labute approximate surface area is 185 Å². The molecule has 0 fully saturated rings. The lowest BCUT2D eigenvalue weighted by molar-refractivity contribution is -0.118. The number of rotatable bonds is 5. The second kappa shape index (κ2) is 8.89. The smallest absolute Gasteiger partial charge is 0.262 e. The minimum atomic E-state index is -0.147. The van der Waals surface area contributed by atoms with Gasteiger partial charge in [0.25, 0.3) is 5.91 Å². The zero-order chi connectivity index (χ0) is 22.0. The number of para-hydroxylation sites is 1. The first-order valence-corrected chi connectivity index (χ1v) is 11.3. The number of aromatic nitrogens is 1. The van der Waals surface area contributed by atoms with E-state index in [0.29, 0.717) is 11.4 Å². The van der Waals surface area contributed by atoms with Crippen molar-refractivity contribution in [3.8, 4) is 17.0 Å². The van der Waals surface area contributed by atoms with Crippen molar-refractivity contribution in [2.45, 2.75) is 40.5 Å². The number of hydrogen-bond acceptors (Lipinski definition) is 5. The fourth-order valence-electron chi connectivity index (χ4n) is 3.53. The Kier molecular flexibility index (Phi) is 6.04. The first-order chi connectivity index (χ1) is 15.0. The van der Waals surface area contributed by atoms with E-state index in [1.165, 1.54) is 0 Å². The van der Waals surface area contributed by atoms with Crippen LogP contribution >= 0.6 is 11.3 Å². The second-order valence-corrected chi connectivity index (χ2v) is 8.33. The van der Waals surface area contributed by atoms with Crippen LogP contribution in [0.25, 0.3) is 11.3 Å². The van der Waals surface area contributed by atoms with Crippen LogP contribution in [-0.4, -0.2) is 22.9 Å². The highest BCUT2D eigenvalue weighted by molar-refractivity contribution is 7.07. The lowest BCUT2D eigenvalue weighted by atomic mass is 10.1. The normalized spacial score (nSPS) is 13.4. The molecule has 160 valence electrons. The van der Waals surface area contributed by atoms with Gasteiger partial charge in [0.1, 0.15) is 5.75 Å². The molecule has 0 saturated heterocycles. The summed E-state index contributed by atoms with van der Waals surface area (Å²) >= 11 is 1.55. The number of aryl methyl sites for hydroxylation is 2. The third-order valence-electron chi connectivity index (χ3n) is 5.30. The van der Waals surface area contributed by atoms with E-state index >= 15 is 0 Å². The number of nitrogens with zero attached hydrogens (tertiary/aromatic N) is 3. The molecule has 0 bridgehead atoms. The fraction of sp³-hybridized carbons (Fsp3) is 0.292. The van der Waals surface area contributed by atoms with E-state index in [-0.39, 0.29) is 12.5 Å². The number of nitrogens with one attached hydrogen (secondary N) is 1. The van der Waals surface area contributed by atoms with Gasteiger partial charge in [0.05, 0.1) is 17.1 Å². The van der Waals surface area contributed by atoms with Crippen LogP contribution in [0.15, 0.2) is 51.9 Å². The van der Waals surface area contributed by atoms with Crippen LogP contribution in [-0.2, 0) is 4.79 Å². The van der Waals surface area contributed by atoms with Gasteiger partial charge in [-0.2, -0.15) is 5.10 Å². The van der Waals surface area contributed by atoms with Crippen LogP contribution in [0.1, 0.15) is 37.8 Å². The Morgan fingerprint density at radius 2 is 1.90 bits per heavy atom. The van der Waals surface area contributed by atoms with Gasteiger partial charge in [-0.05, 0) is 56.0 Å². The average molecular weight is 435 g/mol. The summed E-state index contributed by atoms with van der Waals surface area (Å²) in [6.45, 7) is 8.42. The van der Waals surface area contributed by atoms with Crippen molar-refractivity contribution < 1.29 is 9.53 Å². The summed E-state index contributed by atoms with van der Waals surface area (Å²) in [5, 5.41) is 9.89. The number of benzene rings is 2. The highest BCUT2D eigenvalue weighted by Crippen LogP contribution is 2.33. The molecule has 0 saturated carbocycles. The van der Waals surface area contributed by atoms with E-state index in [9.17, 15) is 4.79 Å². The molecule has 1 N–H and O–H groups in total. The van der Waals surface area contributed by atoms with E-state index in [0.717, 1.165) is 51.4 Å². The SMILES string of the molecule is CCC(CC)=Nn1c(-c2ccc3c(c2)NC(=O)CO3)csc1=Nc1c(C)cccc1C. The number of carbonyl (C=O) groups excluding carboxylic acids is 1. The lowest BCUT2D eigenvalue weighted by Crippen LogP contribution is -2.25. The van der Waals surface area contributed by atoms with Crippen LogP contribution in [0.2, 0.25) is 0 Å². The molecule has 0 spiro atoms. The first kappa shape index (κ1) is 21.1. The van der Waals surface area contributed by atoms with E-state index in [2.05, 4.69) is 50.5 Å². The van der Waals surface area contributed by atoms with Crippen LogP contribution < -0.4 is 14.9 Å². The number of ether oxygens (including phenoxy) is 1. The van der Waals surface area contributed by atoms with Crippen molar-refractivity contribution in [3.05, 3.63) is 57.7 Å². The Hall–Kier alpha value is -3.19. The summed E-state index contributed by atoms with van der Waals surface area (Å²) in [6, 6.07) is 12.0. The second-order valence-electron chi connectivity index (χ2n) is 7.49. The van der Waals surface area contributed by atoms with Crippen molar-refractivity contribution in [2.75, 3.05) is 11.9 Å². The Balaban J connectivity index is 1.90. The van der Waals surface area contributed by atoms with Crippen LogP contribution in [0.3, 0.4) is 0 Å². The molecule has 2 heterocycles. The van der Waals surface area contributed by atoms with E-state index in [4.69, 9.17) is 14.8 Å². The third kappa shape index (κ3) is 4.32. The number of carbonyl (C=O) groups is 1. The zero-order valence-electron chi connectivity index (χ0n) is 18.2. The molecule has 0 radical (unpaired) electrons. The van der Waals surface area contributed by atoms with E-state index < -0.39 is 0 Å². The summed E-state index contributed by atoms with van der Waals surface area (Å²) in [5.41, 5.74) is 6.87. The first-order valence-electron chi connectivity index (χ1n) is 10.5. The molecule has 2 aromatic carbocycles. The predicted molar refractivity (Wildman–Crippen MR) is 126 cm³/mol. The number of anilines is 1. The molecule has 1 aliphatic heterocycles. The zero-order valence-corrected chi connectivity index (χ0v) is 19.0. The molecule has 4 rings (SSSR count). The Morgan fingerprint density at radius 1 is 1.16 bits per heavy atom. The highest BCUT2D eigenvalue weighted by atomic mass is 32.1. The number of thiazole rings is 1. The fourth-order valence-corrected chi connectivity index (χ4v) is 4.36. The summed E-state index contributed by atoms with van der Waals surface area (Å²) in [7, 11) is 0. The molecule has 1 amide bonds. The molecule has 1 aromatic heterocycles. The minimum absolute atomic E-state index is 0.0459. The van der Waals surface area contributed by atoms with Gasteiger partial charge in [0, 0.05) is 16.7 Å². The lowest BCUT2D eigenvalue weighted by Gasteiger charge is -2.18. The van der Waals surface area contributed by atoms with Crippen LogP contribution in [0, 0.1) is 13.8 Å². The molecule has 7 heteroatoms. The van der Waals surface area contributed by atoms with Gasteiger partial charge in [-0.25, -0.2) is 9.67 Å². The van der Waals surface area contributed by atoms with Crippen LogP contribution in [0.5, 0.6) is 5.75 Å². The third-order valence-corrected chi connectivity index (χ3v) is 6.11. The molecule has 0 atom stereocenters. The van der Waals surface area contributed by atoms with E-state index in [1.54, 1.807) is 11.3 Å². The molecule has 1 aliphatic rings. The van der Waals surface area contributed by atoms with Gasteiger partial charge in [0.15, 0.2) is 6.61 Å². The van der Waals surface area contributed by atoms with Gasteiger partial charge in [-0.3, -0.25) is 4.79 Å². The van der Waals surface area contributed by atoms with Gasteiger partial charge in [-0.1, -0.05) is 32.0 Å². The minimum Gasteiger partial charge on any atom is -0.482 e. The summed E-state index contributed by atoms with van der Waals surface area (Å²) in [6.07, 6.45) is 1.74. The van der Waals surface area contributed by atoms with Crippen molar-refractivity contribution in [1.29, 1.82) is 0 Å². The van der Waals surface area contributed by atoms with E-state index in [1.807, 2.05) is 28.9 Å². The monoisotopic (exact) mass is 434 g/mol. The van der Waals surface area contributed by atoms with Gasteiger partial charge in [0.2, 0.25) is 4.80 Å². The summed E-state index contributed by atoms with van der Waals surface area (Å²) in [5.74, 6) is 0.530. The number of amides is 1. The predicted octanol–water partition coefficient (Wildman–Crippen LogP) is 5.42. The molecule has 3 aromatic rings. The highest BCUT2D eigenvalue weighted by Gasteiger charge is 2.18. The van der Waals surface area contributed by atoms with Gasteiger partial charge >= 0.3 is 0 Å². The molecule has 0 aliphatic carbocycles. The molecule has 31 heavy (non-hydrogen) atoms. The number of fused-ring (bicyclic) bond motifs is 1. The largest absolute Gasteiger partial charge is 0.482 e. The maximum atomic E-state index is 11.8. The van der Waals surface area contributed by atoms with Crippen molar-refractivity contribution in [3.63, 3.8) is 0 Å². The van der Waals surface area contributed by atoms with Crippen molar-refractivity contribution in [2.24, 2.45) is 10.1 Å². The molecular formula is C24H26N4O2S. The standard InChI is InChI=1S/C24H26N4O2S/c1-5-18(6-2)27-28-20(17-10-11-21-19(12-17)25-22(29)13-30-21)14-31-24(28)26-23-15(3)8-7-9-16(23)4/h7-12,14H,5-6,13H2,1-4H3,(H,25,29). The average Bonchev–Trinajstić information content (AvgIpc) is 3.16. The topological polar surface area (TPSA) is 68.0 Å².